The number of aryl methyl sites for hydroxylation is 1. The SMILES string of the molecule is Cc1ccccc1CS(=O)(=O)N1CCC(C(=O)NCCc2ccccc2)CC1. The quantitative estimate of drug-likeness (QED) is 0.777. The summed E-state index contributed by atoms with van der Waals surface area (Å²) >= 11 is 0. The molecule has 5 nitrogen and oxygen atoms in total. The largest absolute Gasteiger partial charge is 0.356 e. The molecule has 0 aliphatic carbocycles. The molecule has 2 aromatic carbocycles. The molecule has 0 spiro atoms. The minimum atomic E-state index is -3.36. The van der Waals surface area contributed by atoms with Gasteiger partial charge in [0.25, 0.3) is 0 Å². The molecular weight excluding hydrogens is 372 g/mol. The van der Waals surface area contributed by atoms with Gasteiger partial charge in [0.05, 0.1) is 5.75 Å². The number of piperidine rings is 1. The van der Waals surface area contributed by atoms with Gasteiger partial charge in [-0.3, -0.25) is 4.79 Å². The van der Waals surface area contributed by atoms with E-state index in [0.717, 1.165) is 17.5 Å². The summed E-state index contributed by atoms with van der Waals surface area (Å²) in [6.45, 7) is 3.35. The van der Waals surface area contributed by atoms with E-state index in [2.05, 4.69) is 5.32 Å². The van der Waals surface area contributed by atoms with Crippen molar-refractivity contribution in [2.45, 2.75) is 31.9 Å². The molecule has 0 saturated carbocycles. The van der Waals surface area contributed by atoms with Gasteiger partial charge >= 0.3 is 0 Å². The molecule has 3 rings (SSSR count). The Morgan fingerprint density at radius 1 is 1.04 bits per heavy atom. The summed E-state index contributed by atoms with van der Waals surface area (Å²) in [7, 11) is -3.36. The Morgan fingerprint density at radius 2 is 1.68 bits per heavy atom. The van der Waals surface area contributed by atoms with Crippen LogP contribution in [0.1, 0.15) is 29.5 Å². The second kappa shape index (κ2) is 9.34. The second-order valence-electron chi connectivity index (χ2n) is 7.38. The summed E-state index contributed by atoms with van der Waals surface area (Å²) in [6.07, 6.45) is 1.95. The first-order chi connectivity index (χ1) is 13.5. The van der Waals surface area contributed by atoms with Crippen molar-refractivity contribution < 1.29 is 13.2 Å². The molecule has 0 unspecified atom stereocenters. The fourth-order valence-corrected chi connectivity index (χ4v) is 5.24. The minimum absolute atomic E-state index is 0.0214. The van der Waals surface area contributed by atoms with Gasteiger partial charge < -0.3 is 5.32 Å². The number of nitrogens with zero attached hydrogens (tertiary/aromatic N) is 1. The fourth-order valence-electron chi connectivity index (χ4n) is 3.58. The van der Waals surface area contributed by atoms with E-state index >= 15 is 0 Å². The molecule has 2 aromatic rings. The second-order valence-corrected chi connectivity index (χ2v) is 9.35. The molecule has 6 heteroatoms. The van der Waals surface area contributed by atoms with E-state index in [1.54, 1.807) is 0 Å². The van der Waals surface area contributed by atoms with Gasteiger partial charge in [-0.25, -0.2) is 12.7 Å². The van der Waals surface area contributed by atoms with Crippen molar-refractivity contribution in [3.63, 3.8) is 0 Å². The van der Waals surface area contributed by atoms with Crippen LogP contribution in [0, 0.1) is 12.8 Å². The number of sulfonamides is 1. The zero-order valence-electron chi connectivity index (χ0n) is 16.3. The number of amides is 1. The number of hydrogen-bond acceptors (Lipinski definition) is 3. The Labute approximate surface area is 167 Å². The van der Waals surface area contributed by atoms with Crippen LogP contribution < -0.4 is 5.32 Å². The smallest absolute Gasteiger partial charge is 0.223 e. The van der Waals surface area contributed by atoms with Crippen LogP contribution in [0.25, 0.3) is 0 Å². The van der Waals surface area contributed by atoms with Crippen LogP contribution in [0.3, 0.4) is 0 Å². The summed E-state index contributed by atoms with van der Waals surface area (Å²) in [4.78, 5) is 12.4. The van der Waals surface area contributed by atoms with E-state index in [1.165, 1.54) is 9.87 Å². The summed E-state index contributed by atoms with van der Waals surface area (Å²) in [6, 6.07) is 17.6. The molecule has 1 N–H and O–H groups in total. The van der Waals surface area contributed by atoms with Gasteiger partial charge in [0, 0.05) is 25.6 Å². The first kappa shape index (κ1) is 20.6. The molecule has 150 valence electrons. The first-order valence-electron chi connectivity index (χ1n) is 9.80. The molecule has 1 aliphatic heterocycles. The van der Waals surface area contributed by atoms with Gasteiger partial charge in [-0.2, -0.15) is 0 Å². The monoisotopic (exact) mass is 400 g/mol. The summed E-state index contributed by atoms with van der Waals surface area (Å²) in [5.74, 6) is -0.0549. The lowest BCUT2D eigenvalue weighted by molar-refractivity contribution is -0.126. The van der Waals surface area contributed by atoms with E-state index in [4.69, 9.17) is 0 Å². The number of hydrogen-bond donors (Lipinski definition) is 1. The predicted molar refractivity (Wildman–Crippen MR) is 111 cm³/mol. The molecule has 0 atom stereocenters. The third kappa shape index (κ3) is 5.42. The summed E-state index contributed by atoms with van der Waals surface area (Å²) < 4.78 is 27.0. The van der Waals surface area contributed by atoms with Gasteiger partial charge in [0.1, 0.15) is 0 Å². The lowest BCUT2D eigenvalue weighted by Gasteiger charge is -2.30. The molecule has 0 bridgehead atoms. The molecule has 1 fully saturated rings. The number of nitrogens with one attached hydrogen (secondary N) is 1. The van der Waals surface area contributed by atoms with Gasteiger partial charge in [0.2, 0.25) is 15.9 Å². The van der Waals surface area contributed by atoms with Crippen molar-refractivity contribution in [3.8, 4) is 0 Å². The van der Waals surface area contributed by atoms with E-state index in [1.807, 2.05) is 61.5 Å². The normalized spacial score (nSPS) is 16.0. The van der Waals surface area contributed by atoms with Crippen molar-refractivity contribution in [1.29, 1.82) is 0 Å². The average molecular weight is 401 g/mol. The fraction of sp³-hybridized carbons (Fsp3) is 0.409. The molecule has 1 heterocycles. The van der Waals surface area contributed by atoms with Crippen LogP contribution >= 0.6 is 0 Å². The van der Waals surface area contributed by atoms with Crippen molar-refractivity contribution in [2.75, 3.05) is 19.6 Å². The van der Waals surface area contributed by atoms with Crippen LogP contribution in [-0.2, 0) is 27.0 Å². The van der Waals surface area contributed by atoms with Gasteiger partial charge in [-0.1, -0.05) is 54.6 Å². The highest BCUT2D eigenvalue weighted by Gasteiger charge is 2.31. The third-order valence-corrected chi connectivity index (χ3v) is 7.20. The van der Waals surface area contributed by atoms with E-state index in [9.17, 15) is 13.2 Å². The maximum absolute atomic E-state index is 12.7. The van der Waals surface area contributed by atoms with Crippen LogP contribution in [0.5, 0.6) is 0 Å². The van der Waals surface area contributed by atoms with Crippen molar-refractivity contribution >= 4 is 15.9 Å². The van der Waals surface area contributed by atoms with E-state index in [-0.39, 0.29) is 17.6 Å². The third-order valence-electron chi connectivity index (χ3n) is 5.37. The van der Waals surface area contributed by atoms with Crippen molar-refractivity contribution in [2.24, 2.45) is 5.92 Å². The number of carbonyl (C=O) groups is 1. The number of rotatable bonds is 7. The Kier molecular flexibility index (Phi) is 6.86. The lowest BCUT2D eigenvalue weighted by atomic mass is 9.97. The van der Waals surface area contributed by atoms with Crippen LogP contribution in [0.15, 0.2) is 54.6 Å². The van der Waals surface area contributed by atoms with Crippen LogP contribution in [0.4, 0.5) is 0 Å². The first-order valence-corrected chi connectivity index (χ1v) is 11.4. The average Bonchev–Trinajstić information content (AvgIpc) is 2.70. The summed E-state index contributed by atoms with van der Waals surface area (Å²) in [5.41, 5.74) is 3.02. The maximum atomic E-state index is 12.7. The van der Waals surface area contributed by atoms with Crippen molar-refractivity contribution in [3.05, 3.63) is 71.3 Å². The van der Waals surface area contributed by atoms with Gasteiger partial charge in [-0.05, 0) is 42.9 Å². The van der Waals surface area contributed by atoms with E-state index in [0.29, 0.717) is 32.5 Å². The number of benzene rings is 2. The molecule has 1 saturated heterocycles. The molecular formula is C22H28N2O3S. The predicted octanol–water partition coefficient (Wildman–Crippen LogP) is 2.90. The highest BCUT2D eigenvalue weighted by molar-refractivity contribution is 7.88. The molecule has 1 amide bonds. The Balaban J connectivity index is 1.47. The highest BCUT2D eigenvalue weighted by atomic mass is 32.2. The van der Waals surface area contributed by atoms with Crippen molar-refractivity contribution in [1.82, 2.24) is 9.62 Å². The molecule has 1 aliphatic rings. The van der Waals surface area contributed by atoms with Gasteiger partial charge in [-0.15, -0.1) is 0 Å². The zero-order valence-corrected chi connectivity index (χ0v) is 17.1. The number of carbonyl (C=O) groups excluding carboxylic acids is 1. The molecule has 28 heavy (non-hydrogen) atoms. The lowest BCUT2D eigenvalue weighted by Crippen LogP contribution is -2.43. The standard InChI is InChI=1S/C22H28N2O3S/c1-18-7-5-6-10-21(18)17-28(26,27)24-15-12-20(13-16-24)22(25)23-14-11-19-8-3-2-4-9-19/h2-10,20H,11-17H2,1H3,(H,23,25). The van der Waals surface area contributed by atoms with Crippen LogP contribution in [-0.4, -0.2) is 38.3 Å². The topological polar surface area (TPSA) is 66.5 Å². The molecule has 0 aromatic heterocycles. The summed E-state index contributed by atoms with van der Waals surface area (Å²) in [5, 5.41) is 2.99. The van der Waals surface area contributed by atoms with Crippen LogP contribution in [0.2, 0.25) is 0 Å². The van der Waals surface area contributed by atoms with Gasteiger partial charge in [0.15, 0.2) is 0 Å². The minimum Gasteiger partial charge on any atom is -0.356 e. The highest BCUT2D eigenvalue weighted by Crippen LogP contribution is 2.22. The Bertz CT molecular complexity index is 889. The molecule has 0 radical (unpaired) electrons. The Hall–Kier alpha value is -2.18. The maximum Gasteiger partial charge on any atom is 0.223 e. The Morgan fingerprint density at radius 3 is 2.36 bits per heavy atom. The zero-order chi connectivity index (χ0) is 20.0. The van der Waals surface area contributed by atoms with E-state index < -0.39 is 10.0 Å².